The minimum Gasteiger partial charge on any atom is -0.340 e. The van der Waals surface area contributed by atoms with Crippen molar-refractivity contribution in [1.82, 2.24) is 14.4 Å². The molecule has 0 N–H and O–H groups in total. The molecular weight excluding hydrogens is 306 g/mol. The van der Waals surface area contributed by atoms with Crippen molar-refractivity contribution in [1.29, 1.82) is 0 Å². The van der Waals surface area contributed by atoms with Gasteiger partial charge >= 0.3 is 0 Å². The lowest BCUT2D eigenvalue weighted by Gasteiger charge is -2.41. The normalized spacial score (nSPS) is 24.2. The molecule has 24 heavy (non-hydrogen) atoms. The van der Waals surface area contributed by atoms with Crippen LogP contribution in [0.15, 0.2) is 29.2 Å². The summed E-state index contributed by atoms with van der Waals surface area (Å²) < 4.78 is 1.41. The second kappa shape index (κ2) is 6.42. The molecule has 1 unspecified atom stereocenters. The summed E-state index contributed by atoms with van der Waals surface area (Å²) in [6.07, 6.45) is 4.19. The molecule has 130 valence electrons. The summed E-state index contributed by atoms with van der Waals surface area (Å²) >= 11 is 0. The van der Waals surface area contributed by atoms with Gasteiger partial charge in [-0.15, -0.1) is 0 Å². The summed E-state index contributed by atoms with van der Waals surface area (Å²) in [5.41, 5.74) is -0.598. The lowest BCUT2D eigenvalue weighted by Crippen LogP contribution is -2.52. The van der Waals surface area contributed by atoms with Crippen LogP contribution >= 0.6 is 0 Å². The fourth-order valence-electron chi connectivity index (χ4n) is 3.89. The number of rotatable bonds is 3. The van der Waals surface area contributed by atoms with E-state index in [0.29, 0.717) is 13.1 Å². The highest BCUT2D eigenvalue weighted by molar-refractivity contribution is 5.86. The average Bonchev–Trinajstić information content (AvgIpc) is 2.97. The number of likely N-dealkylation sites (tertiary alicyclic amines) is 2. The maximum Gasteiger partial charge on any atom is 0.250 e. The predicted octanol–water partition coefficient (Wildman–Crippen LogP) is 1.10. The number of aromatic nitrogens is 1. The topological polar surface area (TPSA) is 62.6 Å². The third kappa shape index (κ3) is 2.97. The molecule has 2 fully saturated rings. The summed E-state index contributed by atoms with van der Waals surface area (Å²) in [7, 11) is 0. The smallest absolute Gasteiger partial charge is 0.250 e. The Morgan fingerprint density at radius 1 is 1.21 bits per heavy atom. The largest absolute Gasteiger partial charge is 0.340 e. The van der Waals surface area contributed by atoms with E-state index in [1.165, 1.54) is 10.6 Å². The van der Waals surface area contributed by atoms with Gasteiger partial charge in [-0.05, 0) is 39.2 Å². The van der Waals surface area contributed by atoms with E-state index in [1.807, 2.05) is 18.7 Å². The van der Waals surface area contributed by atoms with Crippen LogP contribution in [0.2, 0.25) is 0 Å². The second-order valence-electron chi connectivity index (χ2n) is 7.21. The van der Waals surface area contributed by atoms with Crippen molar-refractivity contribution in [2.24, 2.45) is 5.41 Å². The molecule has 1 atom stereocenters. The van der Waals surface area contributed by atoms with E-state index in [4.69, 9.17) is 0 Å². The summed E-state index contributed by atoms with van der Waals surface area (Å²) in [6.45, 7) is 6.00. The molecule has 2 saturated heterocycles. The molecule has 0 saturated carbocycles. The molecule has 0 bridgehead atoms. The molecule has 0 radical (unpaired) electrons. The first-order chi connectivity index (χ1) is 11.4. The number of amides is 2. The van der Waals surface area contributed by atoms with E-state index in [-0.39, 0.29) is 30.0 Å². The first kappa shape index (κ1) is 16.7. The summed E-state index contributed by atoms with van der Waals surface area (Å²) in [6, 6.07) is 5.05. The van der Waals surface area contributed by atoms with Crippen LogP contribution in [0.25, 0.3) is 0 Å². The molecule has 1 spiro atoms. The lowest BCUT2D eigenvalue weighted by molar-refractivity contribution is -0.148. The fraction of sp³-hybridized carbons (Fsp3) is 0.611. The van der Waals surface area contributed by atoms with Gasteiger partial charge in [0.05, 0.1) is 5.41 Å². The molecule has 0 aliphatic carbocycles. The maximum absolute atomic E-state index is 12.9. The quantitative estimate of drug-likeness (QED) is 0.833. The van der Waals surface area contributed by atoms with Crippen molar-refractivity contribution in [2.45, 2.75) is 45.7 Å². The van der Waals surface area contributed by atoms with Crippen LogP contribution in [0.3, 0.4) is 0 Å². The first-order valence-electron chi connectivity index (χ1n) is 8.67. The van der Waals surface area contributed by atoms with Gasteiger partial charge in [-0.3, -0.25) is 14.4 Å². The number of nitrogens with zero attached hydrogens (tertiary/aromatic N) is 3. The highest BCUT2D eigenvalue weighted by Crippen LogP contribution is 2.40. The zero-order valence-corrected chi connectivity index (χ0v) is 14.4. The zero-order valence-electron chi connectivity index (χ0n) is 14.4. The molecule has 0 aromatic carbocycles. The number of pyridine rings is 1. The van der Waals surface area contributed by atoms with Gasteiger partial charge in [0.25, 0.3) is 5.56 Å². The molecule has 3 heterocycles. The van der Waals surface area contributed by atoms with Crippen molar-refractivity contribution >= 4 is 11.8 Å². The standard InChI is InChI=1S/C18H25N3O3/c1-14(2)21-10-5-7-18(17(21)24)8-11-20(13-18)16(23)12-19-9-4-3-6-15(19)22/h3-4,6,9,14H,5,7-8,10-13H2,1-2H3. The Labute approximate surface area is 142 Å². The molecule has 3 rings (SSSR count). The third-order valence-electron chi connectivity index (χ3n) is 5.30. The van der Waals surface area contributed by atoms with Gasteiger partial charge in [0.15, 0.2) is 0 Å². The van der Waals surface area contributed by atoms with Crippen LogP contribution in [0, 0.1) is 5.41 Å². The van der Waals surface area contributed by atoms with Crippen LogP contribution in [-0.2, 0) is 16.1 Å². The highest BCUT2D eigenvalue weighted by atomic mass is 16.2. The van der Waals surface area contributed by atoms with E-state index in [2.05, 4.69) is 0 Å². The van der Waals surface area contributed by atoms with Gasteiger partial charge in [0, 0.05) is 37.9 Å². The SMILES string of the molecule is CC(C)N1CCCC2(CCN(C(=O)Cn3ccccc3=O)C2)C1=O. The minimum absolute atomic E-state index is 0.0395. The van der Waals surface area contributed by atoms with E-state index < -0.39 is 5.41 Å². The Bertz CT molecular complexity index is 697. The number of carbonyl (C=O) groups excluding carboxylic acids is 2. The first-order valence-corrected chi connectivity index (χ1v) is 8.67. The summed E-state index contributed by atoms with van der Waals surface area (Å²) in [5.74, 6) is 0.102. The Morgan fingerprint density at radius 3 is 2.71 bits per heavy atom. The third-order valence-corrected chi connectivity index (χ3v) is 5.30. The van der Waals surface area contributed by atoms with E-state index in [1.54, 1.807) is 23.2 Å². The number of hydrogen-bond donors (Lipinski definition) is 0. The molecule has 1 aromatic heterocycles. The molecule has 2 aliphatic rings. The molecule has 2 aliphatic heterocycles. The van der Waals surface area contributed by atoms with E-state index >= 15 is 0 Å². The van der Waals surface area contributed by atoms with Gasteiger partial charge in [-0.25, -0.2) is 0 Å². The zero-order chi connectivity index (χ0) is 17.3. The maximum atomic E-state index is 12.9. The monoisotopic (exact) mass is 331 g/mol. The van der Waals surface area contributed by atoms with Gasteiger partial charge in [0.1, 0.15) is 6.54 Å². The lowest BCUT2D eigenvalue weighted by atomic mass is 9.78. The Kier molecular flexibility index (Phi) is 4.47. The molecule has 6 nitrogen and oxygen atoms in total. The van der Waals surface area contributed by atoms with Crippen LogP contribution in [0.5, 0.6) is 0 Å². The summed E-state index contributed by atoms with van der Waals surface area (Å²) in [4.78, 5) is 40.9. The van der Waals surface area contributed by atoms with Crippen LogP contribution in [0.1, 0.15) is 33.1 Å². The Hall–Kier alpha value is -2.11. The van der Waals surface area contributed by atoms with Crippen molar-refractivity contribution in [2.75, 3.05) is 19.6 Å². The van der Waals surface area contributed by atoms with Crippen LogP contribution in [0.4, 0.5) is 0 Å². The van der Waals surface area contributed by atoms with Gasteiger partial charge in [-0.2, -0.15) is 0 Å². The number of piperidine rings is 1. The van der Waals surface area contributed by atoms with Crippen molar-refractivity contribution < 1.29 is 9.59 Å². The van der Waals surface area contributed by atoms with Crippen molar-refractivity contribution in [3.05, 3.63) is 34.7 Å². The predicted molar refractivity (Wildman–Crippen MR) is 90.4 cm³/mol. The fourth-order valence-corrected chi connectivity index (χ4v) is 3.89. The molecule has 6 heteroatoms. The number of carbonyl (C=O) groups is 2. The van der Waals surface area contributed by atoms with Gasteiger partial charge in [-0.1, -0.05) is 6.07 Å². The summed E-state index contributed by atoms with van der Waals surface area (Å²) in [5, 5.41) is 0. The number of hydrogen-bond acceptors (Lipinski definition) is 3. The van der Waals surface area contributed by atoms with Gasteiger partial charge in [0.2, 0.25) is 11.8 Å². The molecule has 1 aromatic rings. The highest BCUT2D eigenvalue weighted by Gasteiger charge is 2.49. The Morgan fingerprint density at radius 2 is 2.00 bits per heavy atom. The Balaban J connectivity index is 1.70. The van der Waals surface area contributed by atoms with Crippen molar-refractivity contribution in [3.63, 3.8) is 0 Å². The van der Waals surface area contributed by atoms with E-state index in [9.17, 15) is 14.4 Å². The second-order valence-corrected chi connectivity index (χ2v) is 7.21. The van der Waals surface area contributed by atoms with Crippen molar-refractivity contribution in [3.8, 4) is 0 Å². The van der Waals surface area contributed by atoms with Crippen LogP contribution < -0.4 is 5.56 Å². The molecule has 2 amide bonds. The van der Waals surface area contributed by atoms with Crippen LogP contribution in [-0.4, -0.2) is 51.9 Å². The molecular formula is C18H25N3O3. The van der Waals surface area contributed by atoms with E-state index in [0.717, 1.165) is 25.8 Å². The average molecular weight is 331 g/mol. The van der Waals surface area contributed by atoms with Gasteiger partial charge < -0.3 is 14.4 Å². The minimum atomic E-state index is -0.417.